The van der Waals surface area contributed by atoms with E-state index in [-0.39, 0.29) is 42.5 Å². The smallest absolute Gasteiger partial charge is 0.416 e. The minimum absolute atomic E-state index is 0.0302. The standard InChI is InChI=1S/C30H30BrF3N2O5.C13H18BrNO2/c1-29(2,3)41-27(38)18-36(17-19-5-10-22(31)11-6-19)28(39)20-7-12-23(13-8-20)35-26(37)15-21-9-14-24(40-4)16-25(21)30(32,33)34;1-13(2,3)17-12(16)9-15-8-10-4-6-11(14)7-5-10/h5-14,16H,15,17-18H2,1-4H3,(H,35,37);4-7,15H,8-9H2,1-3H3. The van der Waals surface area contributed by atoms with Crippen molar-refractivity contribution in [3.8, 4) is 5.75 Å². The fourth-order valence-electron chi connectivity index (χ4n) is 5.19. The molecule has 10 nitrogen and oxygen atoms in total. The lowest BCUT2D eigenvalue weighted by Gasteiger charge is -2.25. The minimum Gasteiger partial charge on any atom is -0.497 e. The highest BCUT2D eigenvalue weighted by molar-refractivity contribution is 9.10. The van der Waals surface area contributed by atoms with E-state index in [0.717, 1.165) is 26.1 Å². The molecule has 0 fully saturated rings. The molecule has 0 unspecified atom stereocenters. The summed E-state index contributed by atoms with van der Waals surface area (Å²) in [5.41, 5.74) is 0.171. The quantitative estimate of drug-likeness (QED) is 0.127. The number of nitrogens with one attached hydrogen (secondary N) is 2. The Morgan fingerprint density at radius 1 is 0.707 bits per heavy atom. The van der Waals surface area contributed by atoms with Crippen LogP contribution >= 0.6 is 31.9 Å². The number of benzene rings is 4. The summed E-state index contributed by atoms with van der Waals surface area (Å²) in [4.78, 5) is 51.3. The molecule has 0 atom stereocenters. The molecule has 4 rings (SSSR count). The molecular weight excluding hydrogens is 887 g/mol. The fraction of sp³-hybridized carbons (Fsp3) is 0.349. The van der Waals surface area contributed by atoms with E-state index >= 15 is 0 Å². The molecule has 0 radical (unpaired) electrons. The number of ether oxygens (including phenoxy) is 3. The predicted octanol–water partition coefficient (Wildman–Crippen LogP) is 9.52. The zero-order valence-electron chi connectivity index (χ0n) is 33.4. The minimum atomic E-state index is -4.66. The van der Waals surface area contributed by atoms with Crippen LogP contribution in [0.3, 0.4) is 0 Å². The van der Waals surface area contributed by atoms with Gasteiger partial charge in [0.1, 0.15) is 23.5 Å². The summed E-state index contributed by atoms with van der Waals surface area (Å²) < 4.78 is 57.8. The normalized spacial score (nSPS) is 11.4. The van der Waals surface area contributed by atoms with Gasteiger partial charge in [-0.25, -0.2) is 0 Å². The SMILES string of the molecule is CC(C)(C)OC(=O)CNCc1ccc(Br)cc1.COc1ccc(CC(=O)Nc2ccc(C(=O)N(CC(=O)OC(C)(C)C)Cc3ccc(Br)cc3)cc2)c(C(F)(F)F)c1. The topological polar surface area (TPSA) is 123 Å². The van der Waals surface area contributed by atoms with E-state index in [1.165, 1.54) is 48.4 Å². The van der Waals surface area contributed by atoms with Crippen LogP contribution in [0.1, 0.15) is 74.2 Å². The molecule has 0 saturated heterocycles. The van der Waals surface area contributed by atoms with Crippen LogP contribution in [-0.4, -0.2) is 60.1 Å². The van der Waals surface area contributed by atoms with E-state index in [1.807, 2.05) is 69.3 Å². The number of alkyl halides is 3. The van der Waals surface area contributed by atoms with Crippen molar-refractivity contribution in [1.82, 2.24) is 10.2 Å². The first-order valence-corrected chi connectivity index (χ1v) is 19.7. The van der Waals surface area contributed by atoms with Gasteiger partial charge in [-0.15, -0.1) is 0 Å². The first kappa shape index (κ1) is 47.6. The van der Waals surface area contributed by atoms with Gasteiger partial charge in [0.15, 0.2) is 0 Å². The van der Waals surface area contributed by atoms with Crippen LogP contribution in [0.5, 0.6) is 5.75 Å². The first-order valence-electron chi connectivity index (χ1n) is 18.1. The summed E-state index contributed by atoms with van der Waals surface area (Å²) in [5.74, 6) is -1.87. The van der Waals surface area contributed by atoms with Crippen molar-refractivity contribution in [3.63, 3.8) is 0 Å². The molecule has 0 bridgehead atoms. The average Bonchev–Trinajstić information content (AvgIpc) is 3.11. The number of esters is 2. The summed E-state index contributed by atoms with van der Waals surface area (Å²) >= 11 is 6.75. The number of anilines is 1. The van der Waals surface area contributed by atoms with Crippen molar-refractivity contribution in [3.05, 3.63) is 128 Å². The van der Waals surface area contributed by atoms with Gasteiger partial charge in [-0.3, -0.25) is 19.2 Å². The summed E-state index contributed by atoms with van der Waals surface area (Å²) in [6.07, 6.45) is -5.18. The van der Waals surface area contributed by atoms with Crippen molar-refractivity contribution >= 4 is 61.3 Å². The molecular formula is C43H48Br2F3N3O7. The average molecular weight is 936 g/mol. The lowest BCUT2D eigenvalue weighted by Crippen LogP contribution is -2.38. The number of rotatable bonds is 13. The maximum atomic E-state index is 13.5. The highest BCUT2D eigenvalue weighted by Gasteiger charge is 2.34. The van der Waals surface area contributed by atoms with E-state index in [9.17, 15) is 32.3 Å². The number of hydrogen-bond donors (Lipinski definition) is 2. The van der Waals surface area contributed by atoms with Crippen LogP contribution in [-0.2, 0) is 49.5 Å². The third kappa shape index (κ3) is 17.4. The Morgan fingerprint density at radius 3 is 1.76 bits per heavy atom. The van der Waals surface area contributed by atoms with Gasteiger partial charge in [0.05, 0.1) is 25.6 Å². The lowest BCUT2D eigenvalue weighted by molar-refractivity contribution is -0.156. The molecule has 0 spiro atoms. The van der Waals surface area contributed by atoms with Gasteiger partial charge in [0.25, 0.3) is 5.91 Å². The van der Waals surface area contributed by atoms with E-state index in [4.69, 9.17) is 14.2 Å². The molecule has 2 N–H and O–H groups in total. The monoisotopic (exact) mass is 933 g/mol. The summed E-state index contributed by atoms with van der Waals surface area (Å²) in [5, 5.41) is 5.61. The second-order valence-electron chi connectivity index (χ2n) is 15.0. The van der Waals surface area contributed by atoms with E-state index in [1.54, 1.807) is 20.8 Å². The number of carbonyl (C=O) groups excluding carboxylic acids is 4. The van der Waals surface area contributed by atoms with Crippen LogP contribution in [0.2, 0.25) is 0 Å². The molecule has 312 valence electrons. The molecule has 0 heterocycles. The van der Waals surface area contributed by atoms with E-state index in [2.05, 4.69) is 42.5 Å². The zero-order chi connectivity index (χ0) is 43.3. The lowest BCUT2D eigenvalue weighted by atomic mass is 10.0. The van der Waals surface area contributed by atoms with Crippen LogP contribution < -0.4 is 15.4 Å². The Morgan fingerprint density at radius 2 is 1.24 bits per heavy atom. The van der Waals surface area contributed by atoms with Gasteiger partial charge < -0.3 is 29.7 Å². The molecule has 4 aromatic rings. The Bertz CT molecular complexity index is 1990. The Hall–Kier alpha value is -4.73. The highest BCUT2D eigenvalue weighted by atomic mass is 79.9. The number of halogens is 5. The molecule has 0 aliphatic heterocycles. The second-order valence-corrected chi connectivity index (χ2v) is 16.8. The number of hydrogen-bond acceptors (Lipinski definition) is 8. The fourth-order valence-corrected chi connectivity index (χ4v) is 5.71. The van der Waals surface area contributed by atoms with Gasteiger partial charge in [0.2, 0.25) is 5.91 Å². The van der Waals surface area contributed by atoms with Gasteiger partial charge >= 0.3 is 18.1 Å². The molecule has 4 aromatic carbocycles. The molecule has 0 aliphatic rings. The molecule has 0 aromatic heterocycles. The van der Waals surface area contributed by atoms with Gasteiger partial charge in [-0.2, -0.15) is 13.2 Å². The molecule has 58 heavy (non-hydrogen) atoms. The second kappa shape index (κ2) is 21.3. The number of carbonyl (C=O) groups is 4. The van der Waals surface area contributed by atoms with Crippen LogP contribution in [0.4, 0.5) is 18.9 Å². The zero-order valence-corrected chi connectivity index (χ0v) is 36.6. The largest absolute Gasteiger partial charge is 0.497 e. The van der Waals surface area contributed by atoms with Crippen LogP contribution in [0, 0.1) is 0 Å². The van der Waals surface area contributed by atoms with Crippen molar-refractivity contribution in [2.24, 2.45) is 0 Å². The summed E-state index contributed by atoms with van der Waals surface area (Å²) in [7, 11) is 1.26. The van der Waals surface area contributed by atoms with Gasteiger partial charge in [0, 0.05) is 33.3 Å². The van der Waals surface area contributed by atoms with Crippen molar-refractivity contribution in [2.75, 3.05) is 25.5 Å². The third-order valence-electron chi connectivity index (χ3n) is 7.63. The van der Waals surface area contributed by atoms with Crippen LogP contribution in [0.15, 0.2) is 99.9 Å². The van der Waals surface area contributed by atoms with Gasteiger partial charge in [-0.05, 0) is 119 Å². The number of nitrogens with zero attached hydrogens (tertiary/aromatic N) is 1. The van der Waals surface area contributed by atoms with Crippen molar-refractivity contribution < 1.29 is 46.6 Å². The third-order valence-corrected chi connectivity index (χ3v) is 8.69. The summed E-state index contributed by atoms with van der Waals surface area (Å²) in [6, 6.07) is 24.5. The summed E-state index contributed by atoms with van der Waals surface area (Å²) in [6.45, 7) is 11.5. The number of amides is 2. The Balaban J connectivity index is 0.000000442. The molecule has 15 heteroatoms. The maximum Gasteiger partial charge on any atom is 0.416 e. The van der Waals surface area contributed by atoms with Gasteiger partial charge in [-0.1, -0.05) is 62.2 Å². The Kier molecular flexibility index (Phi) is 17.5. The van der Waals surface area contributed by atoms with E-state index in [0.29, 0.717) is 12.2 Å². The first-order chi connectivity index (χ1) is 27.0. The highest BCUT2D eigenvalue weighted by Crippen LogP contribution is 2.35. The van der Waals surface area contributed by atoms with Crippen molar-refractivity contribution in [2.45, 2.75) is 78.4 Å². The predicted molar refractivity (Wildman–Crippen MR) is 223 cm³/mol. The maximum absolute atomic E-state index is 13.5. The molecule has 0 aliphatic carbocycles. The van der Waals surface area contributed by atoms with Crippen molar-refractivity contribution in [1.29, 1.82) is 0 Å². The molecule has 2 amide bonds. The number of methoxy groups -OCH3 is 1. The van der Waals surface area contributed by atoms with Crippen LogP contribution in [0.25, 0.3) is 0 Å². The Labute approximate surface area is 354 Å². The molecule has 0 saturated carbocycles. The van der Waals surface area contributed by atoms with E-state index < -0.39 is 47.1 Å².